The highest BCUT2D eigenvalue weighted by Gasteiger charge is 2.11. The minimum Gasteiger partial charge on any atom is -0.394 e. The molecule has 0 bridgehead atoms. The fourth-order valence-electron chi connectivity index (χ4n) is 0.319. The van der Waals surface area contributed by atoms with Crippen molar-refractivity contribution in [3.8, 4) is 0 Å². The fourth-order valence-corrected chi connectivity index (χ4v) is 0.484. The van der Waals surface area contributed by atoms with Gasteiger partial charge >= 0.3 is 8.25 Å². The Morgan fingerprint density at radius 1 is 1.55 bits per heavy atom. The molecule has 0 saturated heterocycles. The van der Waals surface area contributed by atoms with Gasteiger partial charge in [-0.05, 0) is 0 Å². The molecule has 0 saturated carbocycles. The van der Waals surface area contributed by atoms with E-state index in [1.165, 1.54) is 0 Å². The second kappa shape index (κ2) is 6.60. The molecular formula is C4H10O6P+. The van der Waals surface area contributed by atoms with Crippen LogP contribution in [0.4, 0.5) is 0 Å². The molecule has 0 aliphatic carbocycles. The summed E-state index contributed by atoms with van der Waals surface area (Å²) in [6, 6.07) is 0. The van der Waals surface area contributed by atoms with E-state index in [4.69, 9.17) is 15.1 Å². The Kier molecular flexibility index (Phi) is 6.54. The average Bonchev–Trinajstić information content (AvgIpc) is 1.97. The average molecular weight is 185 g/mol. The molecule has 0 aromatic carbocycles. The summed E-state index contributed by atoms with van der Waals surface area (Å²) < 4.78 is 18.5. The molecule has 0 amide bonds. The zero-order valence-electron chi connectivity index (χ0n) is 5.71. The van der Waals surface area contributed by atoms with Crippen molar-refractivity contribution in [1.82, 2.24) is 0 Å². The quantitative estimate of drug-likeness (QED) is 0.278. The van der Waals surface area contributed by atoms with E-state index in [2.05, 4.69) is 9.26 Å². The van der Waals surface area contributed by atoms with Gasteiger partial charge in [0.2, 0.25) is 6.79 Å². The summed E-state index contributed by atoms with van der Waals surface area (Å²) in [5, 5.41) is 16.9. The van der Waals surface area contributed by atoms with E-state index in [9.17, 15) is 4.57 Å². The van der Waals surface area contributed by atoms with Gasteiger partial charge in [0.1, 0.15) is 6.10 Å². The summed E-state index contributed by atoms with van der Waals surface area (Å²) in [6.07, 6.45) is -0.977. The highest BCUT2D eigenvalue weighted by Crippen LogP contribution is 2.13. The predicted molar refractivity (Wildman–Crippen MR) is 34.8 cm³/mol. The molecule has 0 spiro atoms. The number of aliphatic hydroxyl groups excluding tert-OH is 2. The number of hydrogen-bond donors (Lipinski definition) is 3. The topological polar surface area (TPSA) is 96.2 Å². The first kappa shape index (κ1) is 10.9. The van der Waals surface area contributed by atoms with Crippen molar-refractivity contribution in [2.45, 2.75) is 6.10 Å². The molecule has 11 heavy (non-hydrogen) atoms. The van der Waals surface area contributed by atoms with Gasteiger partial charge in [-0.1, -0.05) is 4.52 Å². The van der Waals surface area contributed by atoms with Gasteiger partial charge in [0.05, 0.1) is 13.2 Å². The SMILES string of the molecule is O=[P+](O)OCOCC(O)CO. The zero-order valence-corrected chi connectivity index (χ0v) is 6.61. The van der Waals surface area contributed by atoms with Gasteiger partial charge < -0.3 is 14.9 Å². The molecule has 6 nitrogen and oxygen atoms in total. The van der Waals surface area contributed by atoms with Crippen LogP contribution in [0, 0.1) is 0 Å². The van der Waals surface area contributed by atoms with Gasteiger partial charge in [0, 0.05) is 4.57 Å². The van der Waals surface area contributed by atoms with Crippen molar-refractivity contribution < 1.29 is 28.9 Å². The van der Waals surface area contributed by atoms with Crippen LogP contribution in [0.25, 0.3) is 0 Å². The number of rotatable bonds is 6. The Morgan fingerprint density at radius 3 is 2.64 bits per heavy atom. The van der Waals surface area contributed by atoms with Crippen LogP contribution in [0.15, 0.2) is 0 Å². The predicted octanol–water partition coefficient (Wildman–Crippen LogP) is -1.02. The molecule has 0 rings (SSSR count). The largest absolute Gasteiger partial charge is 0.697 e. The van der Waals surface area contributed by atoms with Crippen LogP contribution < -0.4 is 0 Å². The number of ether oxygens (including phenoxy) is 1. The summed E-state index contributed by atoms with van der Waals surface area (Å²) in [7, 11) is -2.65. The molecule has 0 fully saturated rings. The van der Waals surface area contributed by atoms with E-state index < -0.39 is 21.0 Å². The highest BCUT2D eigenvalue weighted by atomic mass is 31.1. The lowest BCUT2D eigenvalue weighted by atomic mass is 10.4. The maximum atomic E-state index is 9.85. The minimum atomic E-state index is -2.65. The van der Waals surface area contributed by atoms with Crippen molar-refractivity contribution in [3.05, 3.63) is 0 Å². The van der Waals surface area contributed by atoms with Gasteiger partial charge in [-0.2, -0.15) is 0 Å². The van der Waals surface area contributed by atoms with E-state index >= 15 is 0 Å². The second-order valence-corrected chi connectivity index (χ2v) is 2.43. The maximum absolute atomic E-state index is 9.85. The molecule has 0 radical (unpaired) electrons. The Balaban J connectivity index is 3.08. The smallest absolute Gasteiger partial charge is 0.394 e. The van der Waals surface area contributed by atoms with Gasteiger partial charge in [-0.25, -0.2) is 0 Å². The molecule has 2 atom stereocenters. The van der Waals surface area contributed by atoms with Gasteiger partial charge in [-0.3, -0.25) is 0 Å². The monoisotopic (exact) mass is 185 g/mol. The van der Waals surface area contributed by atoms with Gasteiger partial charge in [-0.15, -0.1) is 4.89 Å². The molecule has 7 heteroatoms. The van der Waals surface area contributed by atoms with E-state index in [1.807, 2.05) is 0 Å². The lowest BCUT2D eigenvalue weighted by Gasteiger charge is -2.04. The first-order valence-corrected chi connectivity index (χ1v) is 3.95. The van der Waals surface area contributed by atoms with Crippen molar-refractivity contribution in [3.63, 3.8) is 0 Å². The van der Waals surface area contributed by atoms with Crippen LogP contribution >= 0.6 is 8.25 Å². The molecule has 0 aliphatic heterocycles. The third-order valence-corrected chi connectivity index (χ3v) is 1.09. The van der Waals surface area contributed by atoms with Crippen LogP contribution in [-0.2, 0) is 13.8 Å². The van der Waals surface area contributed by atoms with Crippen molar-refractivity contribution >= 4 is 8.25 Å². The summed E-state index contributed by atoms with van der Waals surface area (Å²) in [6.45, 7) is -0.909. The van der Waals surface area contributed by atoms with E-state index in [0.29, 0.717) is 0 Å². The number of aliphatic hydroxyl groups is 2. The summed E-state index contributed by atoms with van der Waals surface area (Å²) >= 11 is 0. The summed E-state index contributed by atoms with van der Waals surface area (Å²) in [5.74, 6) is 0. The third-order valence-electron chi connectivity index (χ3n) is 0.767. The molecule has 0 aromatic heterocycles. The van der Waals surface area contributed by atoms with E-state index in [1.54, 1.807) is 0 Å². The molecule has 0 aliphatic rings. The Hall–Kier alpha value is -0.100. The lowest BCUT2D eigenvalue weighted by Crippen LogP contribution is -2.19. The molecule has 66 valence electrons. The highest BCUT2D eigenvalue weighted by molar-refractivity contribution is 7.32. The zero-order chi connectivity index (χ0) is 8.69. The Morgan fingerprint density at radius 2 is 2.18 bits per heavy atom. The molecule has 0 heterocycles. The molecular weight excluding hydrogens is 175 g/mol. The first-order chi connectivity index (χ1) is 5.16. The minimum absolute atomic E-state index is 0.125. The molecule has 3 N–H and O–H groups in total. The van der Waals surface area contributed by atoms with Crippen molar-refractivity contribution in [2.24, 2.45) is 0 Å². The van der Waals surface area contributed by atoms with Crippen LogP contribution in [0.5, 0.6) is 0 Å². The van der Waals surface area contributed by atoms with Gasteiger partial charge in [0.15, 0.2) is 0 Å². The summed E-state index contributed by atoms with van der Waals surface area (Å²) in [5.41, 5.74) is 0. The molecule has 0 aromatic rings. The van der Waals surface area contributed by atoms with E-state index in [0.717, 1.165) is 0 Å². The van der Waals surface area contributed by atoms with Gasteiger partial charge in [0.25, 0.3) is 0 Å². The fraction of sp³-hybridized carbons (Fsp3) is 1.00. The summed E-state index contributed by atoms with van der Waals surface area (Å²) in [4.78, 5) is 8.07. The second-order valence-electron chi connectivity index (χ2n) is 1.69. The standard InChI is InChI=1S/C4H9O6P/c5-1-4(6)2-9-3-10-11(7)8/h4-6H,1-3H2/p+1. The Labute approximate surface area is 64.3 Å². The Bertz CT molecular complexity index is 117. The normalized spacial score (nSPS) is 14.6. The van der Waals surface area contributed by atoms with Crippen LogP contribution in [-0.4, -0.2) is 41.2 Å². The van der Waals surface area contributed by atoms with Crippen molar-refractivity contribution in [1.29, 1.82) is 0 Å². The first-order valence-electron chi connectivity index (χ1n) is 2.82. The maximum Gasteiger partial charge on any atom is 0.697 e. The van der Waals surface area contributed by atoms with Crippen molar-refractivity contribution in [2.75, 3.05) is 20.0 Å². The van der Waals surface area contributed by atoms with E-state index in [-0.39, 0.29) is 13.4 Å². The lowest BCUT2D eigenvalue weighted by molar-refractivity contribution is -0.0440. The molecule has 2 unspecified atom stereocenters. The van der Waals surface area contributed by atoms with Crippen LogP contribution in [0.3, 0.4) is 0 Å². The van der Waals surface area contributed by atoms with Crippen LogP contribution in [0.2, 0.25) is 0 Å². The number of hydrogen-bond acceptors (Lipinski definition) is 5. The third kappa shape index (κ3) is 7.80. The van der Waals surface area contributed by atoms with Crippen LogP contribution in [0.1, 0.15) is 0 Å².